The Bertz CT molecular complexity index is 868. The Morgan fingerprint density at radius 1 is 1.00 bits per heavy atom. The molecule has 1 aliphatic heterocycles. The third-order valence-electron chi connectivity index (χ3n) is 5.69. The fourth-order valence-corrected chi connectivity index (χ4v) is 3.72. The van der Waals surface area contributed by atoms with Crippen molar-refractivity contribution in [2.24, 2.45) is 11.3 Å². The van der Waals surface area contributed by atoms with Crippen LogP contribution in [-0.4, -0.2) is 83.4 Å². The van der Waals surface area contributed by atoms with E-state index in [0.717, 1.165) is 7.05 Å². The quantitative estimate of drug-likeness (QED) is 0.264. The Morgan fingerprint density at radius 3 is 1.97 bits per heavy atom. The first-order chi connectivity index (χ1) is 16.2. The summed E-state index contributed by atoms with van der Waals surface area (Å²) in [6.07, 6.45) is -8.96. The lowest BCUT2D eigenvalue weighted by Gasteiger charge is -2.35. The molecule has 15 heteroatoms. The van der Waals surface area contributed by atoms with Gasteiger partial charge < -0.3 is 26.0 Å². The summed E-state index contributed by atoms with van der Waals surface area (Å²) in [5.74, 6) is -10.3. The van der Waals surface area contributed by atoms with Crippen LogP contribution in [-0.2, 0) is 19.2 Å². The summed E-state index contributed by atoms with van der Waals surface area (Å²) in [7, 11) is 1.08. The van der Waals surface area contributed by atoms with Gasteiger partial charge in [0.1, 0.15) is 12.1 Å². The fourth-order valence-electron chi connectivity index (χ4n) is 3.72. The maximum absolute atomic E-state index is 13.5. The summed E-state index contributed by atoms with van der Waals surface area (Å²) >= 11 is 0. The van der Waals surface area contributed by atoms with E-state index in [1.807, 2.05) is 16.0 Å². The summed E-state index contributed by atoms with van der Waals surface area (Å²) in [6, 6.07) is -5.12. The minimum Gasteiger partial charge on any atom is -0.465 e. The van der Waals surface area contributed by atoms with E-state index in [1.165, 1.54) is 20.8 Å². The van der Waals surface area contributed by atoms with E-state index in [2.05, 4.69) is 0 Å². The highest BCUT2D eigenvalue weighted by Crippen LogP contribution is 2.38. The second-order valence-corrected chi connectivity index (χ2v) is 9.84. The number of hydrogen-bond acceptors (Lipinski definition) is 5. The molecule has 4 N–H and O–H groups in total. The highest BCUT2D eigenvalue weighted by atomic mass is 19.4. The molecule has 1 fully saturated rings. The minimum absolute atomic E-state index is 0.545. The van der Waals surface area contributed by atoms with Crippen molar-refractivity contribution < 1.29 is 51.0 Å². The van der Waals surface area contributed by atoms with Gasteiger partial charge in [0.25, 0.3) is 5.91 Å². The molecular weight excluding hydrogens is 499 g/mol. The zero-order valence-electron chi connectivity index (χ0n) is 20.5. The van der Waals surface area contributed by atoms with E-state index >= 15 is 0 Å². The fraction of sp³-hybridized carbons (Fsp3) is 0.762. The number of alkyl halides is 5. The van der Waals surface area contributed by atoms with Crippen LogP contribution in [0.4, 0.5) is 26.7 Å². The second-order valence-electron chi connectivity index (χ2n) is 9.84. The number of ketones is 1. The van der Waals surface area contributed by atoms with Gasteiger partial charge in [0.2, 0.25) is 23.5 Å². The first kappa shape index (κ1) is 31.0. The third-order valence-corrected chi connectivity index (χ3v) is 5.69. The Hall–Kier alpha value is -3.00. The molecule has 1 heterocycles. The first-order valence-corrected chi connectivity index (χ1v) is 11.0. The van der Waals surface area contributed by atoms with Crippen LogP contribution in [0.3, 0.4) is 0 Å². The van der Waals surface area contributed by atoms with Crippen LogP contribution in [0.2, 0.25) is 0 Å². The number of Topliss-reactive ketones (excluding diaryl/α,β-unsaturated/α-hetero) is 1. The van der Waals surface area contributed by atoms with Gasteiger partial charge in [0.05, 0.1) is 12.0 Å². The van der Waals surface area contributed by atoms with E-state index in [4.69, 9.17) is 5.11 Å². The monoisotopic (exact) mass is 530 g/mol. The second kappa shape index (κ2) is 11.4. The van der Waals surface area contributed by atoms with Crippen molar-refractivity contribution in [3.05, 3.63) is 0 Å². The van der Waals surface area contributed by atoms with Gasteiger partial charge >= 0.3 is 12.3 Å². The SMILES string of the molecule is CNC(=O)C(=O)[C@H](CCC(C)(F)F)NC(=O)[C@@H]1C[C@@H](C(F)(F)F)CN1C(=O)[C@@H](NC(=O)O)C(C)(C)C. The van der Waals surface area contributed by atoms with Crippen molar-refractivity contribution in [3.8, 4) is 0 Å². The Labute approximate surface area is 204 Å². The number of likely N-dealkylation sites (N-methyl/N-ethyl adjacent to an activating group) is 1. The summed E-state index contributed by atoms with van der Waals surface area (Å²) in [6.45, 7) is 3.96. The maximum atomic E-state index is 13.5. The maximum Gasteiger partial charge on any atom is 0.405 e. The van der Waals surface area contributed by atoms with Gasteiger partial charge in [-0.05, 0) is 25.2 Å². The lowest BCUT2D eigenvalue weighted by Crippen LogP contribution is -2.59. The lowest BCUT2D eigenvalue weighted by atomic mass is 9.85. The predicted octanol–water partition coefficient (Wildman–Crippen LogP) is 1.68. The molecule has 1 saturated heterocycles. The number of nitrogens with zero attached hydrogens (tertiary/aromatic N) is 1. The molecule has 0 spiro atoms. The number of amides is 4. The van der Waals surface area contributed by atoms with Crippen LogP contribution < -0.4 is 16.0 Å². The molecule has 1 rings (SSSR count). The number of carbonyl (C=O) groups excluding carboxylic acids is 4. The van der Waals surface area contributed by atoms with Crippen molar-refractivity contribution in [2.75, 3.05) is 13.6 Å². The first-order valence-electron chi connectivity index (χ1n) is 11.0. The molecule has 0 aliphatic carbocycles. The van der Waals surface area contributed by atoms with Crippen molar-refractivity contribution >= 4 is 29.6 Å². The molecule has 4 atom stereocenters. The van der Waals surface area contributed by atoms with E-state index in [9.17, 15) is 45.9 Å². The van der Waals surface area contributed by atoms with Crippen LogP contribution in [0.5, 0.6) is 0 Å². The average molecular weight is 530 g/mol. The average Bonchev–Trinajstić information content (AvgIpc) is 3.18. The number of rotatable bonds is 9. The Morgan fingerprint density at radius 2 is 1.56 bits per heavy atom. The molecule has 0 aromatic rings. The molecule has 4 amide bonds. The number of carbonyl (C=O) groups is 5. The molecule has 206 valence electrons. The number of likely N-dealkylation sites (tertiary alicyclic amines) is 1. The molecule has 36 heavy (non-hydrogen) atoms. The van der Waals surface area contributed by atoms with Crippen LogP contribution in [0, 0.1) is 11.3 Å². The van der Waals surface area contributed by atoms with Crippen molar-refractivity contribution in [1.29, 1.82) is 0 Å². The molecule has 0 unspecified atom stereocenters. The summed E-state index contributed by atoms with van der Waals surface area (Å²) in [5, 5.41) is 15.1. The standard InChI is InChI=1S/C21H31F5N4O6/c1-19(2,3)14(29-18(35)36)17(34)30-9-10(21(24,25)26)8-12(30)15(32)28-11(6-7-20(4,22)23)13(31)16(33)27-5/h10-12,14,29H,6-9H2,1-5H3,(H,27,33)(H,28,32)(H,35,36)/t10-,11+,12+,14-/m1/s1. The highest BCUT2D eigenvalue weighted by molar-refractivity contribution is 6.38. The molecule has 1 aliphatic rings. The van der Waals surface area contributed by atoms with E-state index in [-0.39, 0.29) is 0 Å². The van der Waals surface area contributed by atoms with E-state index < -0.39 is 97.0 Å². The van der Waals surface area contributed by atoms with Gasteiger partial charge in [-0.1, -0.05) is 20.8 Å². The van der Waals surface area contributed by atoms with Crippen molar-refractivity contribution in [2.45, 2.75) is 77.2 Å². The topological polar surface area (TPSA) is 145 Å². The van der Waals surface area contributed by atoms with Crippen LogP contribution >= 0.6 is 0 Å². The summed E-state index contributed by atoms with van der Waals surface area (Å²) in [5.41, 5.74) is -1.10. The number of carboxylic acid groups (broad SMARTS) is 1. The largest absolute Gasteiger partial charge is 0.465 e. The van der Waals surface area contributed by atoms with Gasteiger partial charge in [0, 0.05) is 20.0 Å². The van der Waals surface area contributed by atoms with E-state index in [1.54, 1.807) is 0 Å². The molecule has 0 bridgehead atoms. The molecular formula is C21H31F5N4O6. The van der Waals surface area contributed by atoms with Gasteiger partial charge in [-0.15, -0.1) is 0 Å². The van der Waals surface area contributed by atoms with Crippen LogP contribution in [0.15, 0.2) is 0 Å². The Kier molecular flexibility index (Phi) is 9.80. The van der Waals surface area contributed by atoms with Crippen molar-refractivity contribution in [3.63, 3.8) is 0 Å². The summed E-state index contributed by atoms with van der Waals surface area (Å²) in [4.78, 5) is 62.0. The van der Waals surface area contributed by atoms with E-state index in [0.29, 0.717) is 11.8 Å². The van der Waals surface area contributed by atoms with Gasteiger partial charge in [-0.2, -0.15) is 13.2 Å². The zero-order chi connectivity index (χ0) is 28.2. The molecule has 0 aromatic heterocycles. The summed E-state index contributed by atoms with van der Waals surface area (Å²) < 4.78 is 67.2. The molecule has 0 radical (unpaired) electrons. The normalized spacial score (nSPS) is 20.3. The predicted molar refractivity (Wildman–Crippen MR) is 115 cm³/mol. The minimum atomic E-state index is -4.81. The smallest absolute Gasteiger partial charge is 0.405 e. The third kappa shape index (κ3) is 8.59. The molecule has 0 saturated carbocycles. The highest BCUT2D eigenvalue weighted by Gasteiger charge is 2.53. The van der Waals surface area contributed by atoms with Gasteiger partial charge in [-0.3, -0.25) is 19.2 Å². The number of hydrogen-bond donors (Lipinski definition) is 4. The lowest BCUT2D eigenvalue weighted by molar-refractivity contribution is -0.171. The molecule has 10 nitrogen and oxygen atoms in total. The van der Waals surface area contributed by atoms with Gasteiger partial charge in [-0.25, -0.2) is 13.6 Å². The van der Waals surface area contributed by atoms with Gasteiger partial charge in [0.15, 0.2) is 0 Å². The number of halogens is 5. The Balaban J connectivity index is 3.33. The van der Waals surface area contributed by atoms with Crippen LogP contribution in [0.1, 0.15) is 47.0 Å². The molecule has 0 aromatic carbocycles. The zero-order valence-corrected chi connectivity index (χ0v) is 20.5. The van der Waals surface area contributed by atoms with Crippen molar-refractivity contribution in [1.82, 2.24) is 20.9 Å². The van der Waals surface area contributed by atoms with Crippen LogP contribution in [0.25, 0.3) is 0 Å². The number of nitrogens with one attached hydrogen (secondary N) is 3.